The lowest BCUT2D eigenvalue weighted by Crippen LogP contribution is -2.35. The Kier molecular flexibility index (Phi) is 5.74. The van der Waals surface area contributed by atoms with Crippen molar-refractivity contribution in [3.63, 3.8) is 0 Å². The van der Waals surface area contributed by atoms with Crippen molar-refractivity contribution in [2.75, 3.05) is 6.54 Å². The molecule has 116 valence electrons. The predicted octanol–water partition coefficient (Wildman–Crippen LogP) is 2.58. The van der Waals surface area contributed by atoms with Gasteiger partial charge >= 0.3 is 0 Å². The monoisotopic (exact) mass is 289 g/mol. The van der Waals surface area contributed by atoms with E-state index < -0.39 is 0 Å². The van der Waals surface area contributed by atoms with Gasteiger partial charge in [0, 0.05) is 18.7 Å². The second-order valence-electron chi connectivity index (χ2n) is 6.51. The van der Waals surface area contributed by atoms with Crippen LogP contribution < -0.4 is 5.73 Å². The van der Waals surface area contributed by atoms with Crippen LogP contribution in [-0.4, -0.2) is 28.4 Å². The van der Waals surface area contributed by atoms with Crippen LogP contribution in [0.15, 0.2) is 24.4 Å². The van der Waals surface area contributed by atoms with E-state index in [0.29, 0.717) is 37.4 Å². The van der Waals surface area contributed by atoms with Gasteiger partial charge in [0.2, 0.25) is 5.91 Å². The van der Waals surface area contributed by atoms with Crippen LogP contribution in [0.2, 0.25) is 0 Å². The molecule has 1 saturated carbocycles. The summed E-state index contributed by atoms with van der Waals surface area (Å²) in [5.74, 6) is 1.11. The smallest absolute Gasteiger partial charge is 0.223 e. The van der Waals surface area contributed by atoms with E-state index in [-0.39, 0.29) is 5.91 Å². The Morgan fingerprint density at radius 3 is 2.71 bits per heavy atom. The van der Waals surface area contributed by atoms with Crippen molar-refractivity contribution in [2.24, 2.45) is 17.6 Å². The van der Waals surface area contributed by atoms with Gasteiger partial charge in [-0.1, -0.05) is 19.9 Å². The van der Waals surface area contributed by atoms with Crippen molar-refractivity contribution in [3.05, 3.63) is 30.1 Å². The summed E-state index contributed by atoms with van der Waals surface area (Å²) in [7, 11) is 0. The maximum Gasteiger partial charge on any atom is 0.223 e. The third-order valence-electron chi connectivity index (χ3n) is 3.97. The Morgan fingerprint density at radius 1 is 1.43 bits per heavy atom. The highest BCUT2D eigenvalue weighted by Crippen LogP contribution is 2.29. The summed E-state index contributed by atoms with van der Waals surface area (Å²) in [5.41, 5.74) is 6.79. The molecule has 0 radical (unpaired) electrons. The van der Waals surface area contributed by atoms with Crippen molar-refractivity contribution in [1.29, 1.82) is 0 Å². The summed E-state index contributed by atoms with van der Waals surface area (Å²) in [6.07, 6.45) is 5.61. The number of carbonyl (C=O) groups is 1. The van der Waals surface area contributed by atoms with E-state index in [1.807, 2.05) is 23.1 Å². The fraction of sp³-hybridized carbons (Fsp3) is 0.647. The number of nitrogens with zero attached hydrogens (tertiary/aromatic N) is 2. The number of hydrogen-bond acceptors (Lipinski definition) is 3. The van der Waals surface area contributed by atoms with E-state index in [0.717, 1.165) is 25.0 Å². The topological polar surface area (TPSA) is 59.2 Å². The fourth-order valence-corrected chi connectivity index (χ4v) is 2.77. The molecule has 1 unspecified atom stereocenters. The molecule has 1 aromatic rings. The van der Waals surface area contributed by atoms with Crippen LogP contribution >= 0.6 is 0 Å². The Labute approximate surface area is 127 Å². The van der Waals surface area contributed by atoms with Gasteiger partial charge in [0.15, 0.2) is 0 Å². The zero-order chi connectivity index (χ0) is 15.2. The standard InChI is InChI=1S/C17H27N3O/c1-13(2)9-14(11-18)10-17(21)20(16-6-7-16)12-15-5-3-4-8-19-15/h3-5,8,13-14,16H,6-7,9-12,18H2,1-2H3. The first kappa shape index (κ1) is 16.0. The first-order chi connectivity index (χ1) is 10.1. The van der Waals surface area contributed by atoms with Gasteiger partial charge in [0.05, 0.1) is 12.2 Å². The third-order valence-corrected chi connectivity index (χ3v) is 3.97. The van der Waals surface area contributed by atoms with Crippen LogP contribution in [0.5, 0.6) is 0 Å². The minimum Gasteiger partial charge on any atom is -0.334 e. The summed E-state index contributed by atoms with van der Waals surface area (Å²) in [5, 5.41) is 0. The quantitative estimate of drug-likeness (QED) is 0.800. The van der Waals surface area contributed by atoms with E-state index in [2.05, 4.69) is 18.8 Å². The highest BCUT2D eigenvalue weighted by molar-refractivity contribution is 5.77. The van der Waals surface area contributed by atoms with Gasteiger partial charge in [0.1, 0.15) is 0 Å². The number of carbonyl (C=O) groups excluding carboxylic acids is 1. The van der Waals surface area contributed by atoms with Gasteiger partial charge in [0.25, 0.3) is 0 Å². The van der Waals surface area contributed by atoms with Gasteiger partial charge in [-0.2, -0.15) is 0 Å². The maximum absolute atomic E-state index is 12.6. The van der Waals surface area contributed by atoms with Crippen molar-refractivity contribution in [2.45, 2.75) is 52.1 Å². The van der Waals surface area contributed by atoms with Crippen molar-refractivity contribution >= 4 is 5.91 Å². The Hall–Kier alpha value is -1.42. The van der Waals surface area contributed by atoms with Crippen LogP contribution in [0.4, 0.5) is 0 Å². The zero-order valence-electron chi connectivity index (χ0n) is 13.2. The molecule has 2 N–H and O–H groups in total. The lowest BCUT2D eigenvalue weighted by atomic mass is 9.93. The number of aromatic nitrogens is 1. The first-order valence-corrected chi connectivity index (χ1v) is 7.99. The molecule has 0 spiro atoms. The van der Waals surface area contributed by atoms with Crippen LogP contribution in [0.1, 0.15) is 45.2 Å². The van der Waals surface area contributed by atoms with Crippen molar-refractivity contribution < 1.29 is 4.79 Å². The molecule has 0 saturated heterocycles. The normalized spacial score (nSPS) is 16.0. The average Bonchev–Trinajstić information content (AvgIpc) is 3.29. The number of hydrogen-bond donors (Lipinski definition) is 1. The van der Waals surface area contributed by atoms with E-state index in [1.54, 1.807) is 6.20 Å². The van der Waals surface area contributed by atoms with Crippen molar-refractivity contribution in [3.8, 4) is 0 Å². The predicted molar refractivity (Wildman–Crippen MR) is 84.4 cm³/mol. The second-order valence-corrected chi connectivity index (χ2v) is 6.51. The molecule has 1 atom stereocenters. The van der Waals surface area contributed by atoms with Gasteiger partial charge in [-0.25, -0.2) is 0 Å². The van der Waals surface area contributed by atoms with Crippen molar-refractivity contribution in [1.82, 2.24) is 9.88 Å². The van der Waals surface area contributed by atoms with E-state index in [4.69, 9.17) is 5.73 Å². The minimum atomic E-state index is 0.235. The minimum absolute atomic E-state index is 0.235. The molecule has 1 fully saturated rings. The van der Waals surface area contributed by atoms with Gasteiger partial charge in [-0.05, 0) is 49.8 Å². The molecule has 2 rings (SSSR count). The molecule has 1 heterocycles. The third kappa shape index (κ3) is 5.12. The largest absolute Gasteiger partial charge is 0.334 e. The molecule has 0 aromatic carbocycles. The lowest BCUT2D eigenvalue weighted by Gasteiger charge is -2.25. The Bertz CT molecular complexity index is 443. The Morgan fingerprint density at radius 2 is 2.19 bits per heavy atom. The fourth-order valence-electron chi connectivity index (χ4n) is 2.77. The van der Waals surface area contributed by atoms with Gasteiger partial charge < -0.3 is 10.6 Å². The van der Waals surface area contributed by atoms with Gasteiger partial charge in [-0.3, -0.25) is 9.78 Å². The molecule has 1 amide bonds. The molecule has 4 nitrogen and oxygen atoms in total. The highest BCUT2D eigenvalue weighted by Gasteiger charge is 2.33. The summed E-state index contributed by atoms with van der Waals surface area (Å²) < 4.78 is 0. The summed E-state index contributed by atoms with van der Waals surface area (Å²) in [6, 6.07) is 6.27. The molecular weight excluding hydrogens is 262 g/mol. The van der Waals surface area contributed by atoms with Gasteiger partial charge in [-0.15, -0.1) is 0 Å². The molecule has 21 heavy (non-hydrogen) atoms. The number of rotatable bonds is 8. The molecule has 0 aliphatic heterocycles. The van der Waals surface area contributed by atoms with Crippen LogP contribution in [-0.2, 0) is 11.3 Å². The van der Waals surface area contributed by atoms with E-state index in [1.165, 1.54) is 0 Å². The molecule has 1 aromatic heterocycles. The second kappa shape index (κ2) is 7.55. The zero-order valence-corrected chi connectivity index (χ0v) is 13.2. The van der Waals surface area contributed by atoms with E-state index in [9.17, 15) is 4.79 Å². The maximum atomic E-state index is 12.6. The highest BCUT2D eigenvalue weighted by atomic mass is 16.2. The molecule has 4 heteroatoms. The summed E-state index contributed by atoms with van der Waals surface area (Å²) in [6.45, 7) is 5.58. The van der Waals surface area contributed by atoms with Crippen LogP contribution in [0.25, 0.3) is 0 Å². The van der Waals surface area contributed by atoms with Crippen LogP contribution in [0.3, 0.4) is 0 Å². The summed E-state index contributed by atoms with van der Waals surface area (Å²) in [4.78, 5) is 19.0. The number of pyridine rings is 1. The molecule has 1 aliphatic rings. The number of nitrogens with two attached hydrogens (primary N) is 1. The number of amides is 1. The Balaban J connectivity index is 1.96. The lowest BCUT2D eigenvalue weighted by molar-refractivity contribution is -0.133. The molecular formula is C17H27N3O. The molecule has 1 aliphatic carbocycles. The van der Waals surface area contributed by atoms with Crippen LogP contribution in [0, 0.1) is 11.8 Å². The molecule has 0 bridgehead atoms. The summed E-state index contributed by atoms with van der Waals surface area (Å²) >= 11 is 0. The van der Waals surface area contributed by atoms with E-state index >= 15 is 0 Å². The SMILES string of the molecule is CC(C)CC(CN)CC(=O)N(Cc1ccccn1)C1CC1. The average molecular weight is 289 g/mol. The first-order valence-electron chi connectivity index (χ1n) is 7.99.